The molecule has 0 fully saturated rings. The molecular formula is C24H31ClFN3O4S. The standard InChI is InChI=1S/C24H31ClFN3O4S/c1-5-6-13-27-24(31)18(3)28(15-19-9-7-8-10-22(19)26)23(30)16-29(34(4,32)33)20-12-11-17(2)21(25)14-20/h7-12,14,18H,5-6,13,15-16H2,1-4H3,(H,27,31)/t18-/m1/s1. The summed E-state index contributed by atoms with van der Waals surface area (Å²) in [6, 6.07) is 9.66. The summed E-state index contributed by atoms with van der Waals surface area (Å²) in [7, 11) is -3.87. The Kier molecular flexibility index (Phi) is 9.88. The van der Waals surface area contributed by atoms with Crippen molar-refractivity contribution in [1.82, 2.24) is 10.2 Å². The number of carbonyl (C=O) groups excluding carboxylic acids is 2. The van der Waals surface area contributed by atoms with Crippen LogP contribution < -0.4 is 9.62 Å². The fourth-order valence-corrected chi connectivity index (χ4v) is 4.30. The maximum Gasteiger partial charge on any atom is 0.244 e. The number of halogens is 2. The lowest BCUT2D eigenvalue weighted by Crippen LogP contribution is -2.51. The average Bonchev–Trinajstić information content (AvgIpc) is 2.77. The number of anilines is 1. The Hall–Kier alpha value is -2.65. The van der Waals surface area contributed by atoms with Gasteiger partial charge < -0.3 is 10.2 Å². The molecule has 34 heavy (non-hydrogen) atoms. The third-order valence-corrected chi connectivity index (χ3v) is 6.97. The van der Waals surface area contributed by atoms with E-state index in [1.54, 1.807) is 25.1 Å². The Balaban J connectivity index is 2.38. The van der Waals surface area contributed by atoms with E-state index in [0.717, 1.165) is 29.0 Å². The number of benzene rings is 2. The zero-order valence-electron chi connectivity index (χ0n) is 19.8. The van der Waals surface area contributed by atoms with E-state index < -0.39 is 40.2 Å². The van der Waals surface area contributed by atoms with Crippen LogP contribution in [0.3, 0.4) is 0 Å². The minimum Gasteiger partial charge on any atom is -0.354 e. The maximum atomic E-state index is 14.4. The van der Waals surface area contributed by atoms with Crippen LogP contribution >= 0.6 is 11.6 Å². The highest BCUT2D eigenvalue weighted by atomic mass is 35.5. The van der Waals surface area contributed by atoms with Crippen LogP contribution in [0.5, 0.6) is 0 Å². The molecule has 0 aliphatic heterocycles. The molecule has 0 heterocycles. The molecule has 0 saturated carbocycles. The van der Waals surface area contributed by atoms with Crippen LogP contribution in [0.4, 0.5) is 10.1 Å². The van der Waals surface area contributed by atoms with Crippen LogP contribution in [-0.4, -0.2) is 50.5 Å². The van der Waals surface area contributed by atoms with Gasteiger partial charge in [0.15, 0.2) is 0 Å². The minimum absolute atomic E-state index is 0.194. The molecule has 2 aromatic rings. The van der Waals surface area contributed by atoms with Crippen molar-refractivity contribution in [1.29, 1.82) is 0 Å². The van der Waals surface area contributed by atoms with Crippen molar-refractivity contribution < 1.29 is 22.4 Å². The van der Waals surface area contributed by atoms with Crippen LogP contribution in [0, 0.1) is 12.7 Å². The smallest absolute Gasteiger partial charge is 0.244 e. The number of unbranched alkanes of at least 4 members (excludes halogenated alkanes) is 1. The Morgan fingerprint density at radius 1 is 1.18 bits per heavy atom. The molecule has 0 aromatic heterocycles. The van der Waals surface area contributed by atoms with Gasteiger partial charge in [0.25, 0.3) is 0 Å². The monoisotopic (exact) mass is 511 g/mol. The van der Waals surface area contributed by atoms with E-state index in [9.17, 15) is 22.4 Å². The number of sulfonamides is 1. The summed E-state index contributed by atoms with van der Waals surface area (Å²) in [5, 5.41) is 3.12. The first-order chi connectivity index (χ1) is 16.0. The zero-order valence-corrected chi connectivity index (χ0v) is 21.4. The predicted octanol–water partition coefficient (Wildman–Crippen LogP) is 3.89. The molecule has 0 aliphatic rings. The van der Waals surface area contributed by atoms with Crippen LogP contribution in [0.1, 0.15) is 37.8 Å². The molecule has 10 heteroatoms. The summed E-state index contributed by atoms with van der Waals surface area (Å²) in [5.74, 6) is -1.57. The molecule has 2 rings (SSSR count). The molecule has 0 saturated heterocycles. The first-order valence-electron chi connectivity index (χ1n) is 11.0. The van der Waals surface area contributed by atoms with Crippen molar-refractivity contribution in [3.8, 4) is 0 Å². The van der Waals surface area contributed by atoms with E-state index in [2.05, 4.69) is 5.32 Å². The molecule has 186 valence electrons. The number of hydrogen-bond donors (Lipinski definition) is 1. The lowest BCUT2D eigenvalue weighted by atomic mass is 10.1. The molecule has 2 amide bonds. The van der Waals surface area contributed by atoms with E-state index in [1.165, 1.54) is 36.1 Å². The highest BCUT2D eigenvalue weighted by Gasteiger charge is 2.30. The van der Waals surface area contributed by atoms with Crippen molar-refractivity contribution in [3.05, 3.63) is 64.4 Å². The summed E-state index contributed by atoms with van der Waals surface area (Å²) in [6.45, 7) is 4.98. The lowest BCUT2D eigenvalue weighted by molar-refractivity contribution is -0.139. The fourth-order valence-electron chi connectivity index (χ4n) is 3.28. The van der Waals surface area contributed by atoms with Crippen LogP contribution in [0.2, 0.25) is 5.02 Å². The SMILES string of the molecule is CCCCNC(=O)[C@@H](C)N(Cc1ccccc1F)C(=O)CN(c1ccc(C)c(Cl)c1)S(C)(=O)=O. The first kappa shape index (κ1) is 27.6. The van der Waals surface area contributed by atoms with Gasteiger partial charge in [-0.25, -0.2) is 12.8 Å². The lowest BCUT2D eigenvalue weighted by Gasteiger charge is -2.31. The van der Waals surface area contributed by atoms with Gasteiger partial charge >= 0.3 is 0 Å². The van der Waals surface area contributed by atoms with Gasteiger partial charge in [-0.2, -0.15) is 0 Å². The van der Waals surface area contributed by atoms with Crippen molar-refractivity contribution in [3.63, 3.8) is 0 Å². The normalized spacial score (nSPS) is 12.2. The third-order valence-electron chi connectivity index (χ3n) is 5.42. The topological polar surface area (TPSA) is 86.8 Å². The summed E-state index contributed by atoms with van der Waals surface area (Å²) in [6.07, 6.45) is 2.64. The van der Waals surface area contributed by atoms with Crippen LogP contribution in [0.25, 0.3) is 0 Å². The first-order valence-corrected chi connectivity index (χ1v) is 13.2. The Bertz CT molecular complexity index is 1130. The molecular weight excluding hydrogens is 481 g/mol. The fraction of sp³-hybridized carbons (Fsp3) is 0.417. The summed E-state index contributed by atoms with van der Waals surface area (Å²) in [5.41, 5.74) is 1.19. The van der Waals surface area contributed by atoms with E-state index in [-0.39, 0.29) is 17.8 Å². The average molecular weight is 512 g/mol. The van der Waals surface area contributed by atoms with Crippen molar-refractivity contribution in [2.45, 2.75) is 46.2 Å². The van der Waals surface area contributed by atoms with E-state index in [4.69, 9.17) is 11.6 Å². The Morgan fingerprint density at radius 3 is 2.44 bits per heavy atom. The van der Waals surface area contributed by atoms with Crippen molar-refractivity contribution >= 4 is 39.1 Å². The molecule has 0 bridgehead atoms. The van der Waals surface area contributed by atoms with Gasteiger partial charge in [-0.3, -0.25) is 13.9 Å². The van der Waals surface area contributed by atoms with Crippen LogP contribution in [-0.2, 0) is 26.2 Å². The van der Waals surface area contributed by atoms with E-state index in [1.807, 2.05) is 6.92 Å². The number of amides is 2. The van der Waals surface area contributed by atoms with E-state index in [0.29, 0.717) is 11.6 Å². The number of carbonyl (C=O) groups is 2. The van der Waals surface area contributed by atoms with Gasteiger partial charge in [0.1, 0.15) is 18.4 Å². The molecule has 0 aliphatic carbocycles. The largest absolute Gasteiger partial charge is 0.354 e. The van der Waals surface area contributed by atoms with E-state index >= 15 is 0 Å². The van der Waals surface area contributed by atoms with Gasteiger partial charge in [-0.1, -0.05) is 49.2 Å². The molecule has 1 atom stereocenters. The van der Waals surface area contributed by atoms with Crippen molar-refractivity contribution in [2.75, 3.05) is 23.7 Å². The molecule has 2 aromatic carbocycles. The molecule has 7 nitrogen and oxygen atoms in total. The van der Waals surface area contributed by atoms with Crippen LogP contribution in [0.15, 0.2) is 42.5 Å². The predicted molar refractivity (Wildman–Crippen MR) is 133 cm³/mol. The summed E-state index contributed by atoms with van der Waals surface area (Å²) in [4.78, 5) is 27.3. The number of nitrogens with one attached hydrogen (secondary N) is 1. The van der Waals surface area contributed by atoms with Gasteiger partial charge in [0.2, 0.25) is 21.8 Å². The van der Waals surface area contributed by atoms with Gasteiger partial charge in [-0.15, -0.1) is 0 Å². The molecule has 1 N–H and O–H groups in total. The highest BCUT2D eigenvalue weighted by Crippen LogP contribution is 2.25. The zero-order chi connectivity index (χ0) is 25.5. The third kappa shape index (κ3) is 7.43. The van der Waals surface area contributed by atoms with Gasteiger partial charge in [0.05, 0.1) is 11.9 Å². The molecule has 0 unspecified atom stereocenters. The number of aryl methyl sites for hydroxylation is 1. The minimum atomic E-state index is -3.87. The Labute approximate surface area is 205 Å². The number of hydrogen-bond acceptors (Lipinski definition) is 4. The number of rotatable bonds is 11. The summed E-state index contributed by atoms with van der Waals surface area (Å²) >= 11 is 6.17. The second kappa shape index (κ2) is 12.2. The second-order valence-corrected chi connectivity index (χ2v) is 10.5. The molecule has 0 radical (unpaired) electrons. The molecule has 0 spiro atoms. The highest BCUT2D eigenvalue weighted by molar-refractivity contribution is 7.92. The number of nitrogens with zero attached hydrogens (tertiary/aromatic N) is 2. The second-order valence-electron chi connectivity index (χ2n) is 8.14. The Morgan fingerprint density at radius 2 is 1.85 bits per heavy atom. The quantitative estimate of drug-likeness (QED) is 0.464. The summed E-state index contributed by atoms with van der Waals surface area (Å²) < 4.78 is 40.4. The van der Waals surface area contributed by atoms with Gasteiger partial charge in [-0.05, 0) is 44.0 Å². The van der Waals surface area contributed by atoms with Crippen molar-refractivity contribution in [2.24, 2.45) is 0 Å². The van der Waals surface area contributed by atoms with Gasteiger partial charge in [0, 0.05) is 23.7 Å². The maximum absolute atomic E-state index is 14.4.